The SMILES string of the molecule is O=S(=O)(c1cc(-c2cc(-c3ccc(F)c(Cl)c3)[nH]n2)ccc1Cl)N1CCC(O)CC1. The molecule has 3 aromatic rings. The summed E-state index contributed by atoms with van der Waals surface area (Å²) in [6.45, 7) is 0.476. The van der Waals surface area contributed by atoms with Crippen molar-refractivity contribution < 1.29 is 17.9 Å². The number of aromatic nitrogens is 2. The van der Waals surface area contributed by atoms with Gasteiger partial charge in [-0.2, -0.15) is 9.40 Å². The average molecular weight is 470 g/mol. The Kier molecular flexibility index (Phi) is 5.87. The average Bonchev–Trinajstić information content (AvgIpc) is 3.21. The molecule has 0 spiro atoms. The van der Waals surface area contributed by atoms with Crippen LogP contribution in [0.1, 0.15) is 12.8 Å². The van der Waals surface area contributed by atoms with Gasteiger partial charge in [0, 0.05) is 24.2 Å². The number of sulfonamides is 1. The minimum Gasteiger partial charge on any atom is -0.393 e. The lowest BCUT2D eigenvalue weighted by Gasteiger charge is -2.29. The number of hydrogen-bond donors (Lipinski definition) is 2. The Morgan fingerprint density at radius 2 is 1.73 bits per heavy atom. The summed E-state index contributed by atoms with van der Waals surface area (Å²) in [7, 11) is -3.81. The summed E-state index contributed by atoms with van der Waals surface area (Å²) >= 11 is 12.1. The minimum atomic E-state index is -3.81. The molecular weight excluding hydrogens is 452 g/mol. The Balaban J connectivity index is 1.67. The van der Waals surface area contributed by atoms with Gasteiger partial charge in [-0.25, -0.2) is 12.8 Å². The van der Waals surface area contributed by atoms with Gasteiger partial charge in [-0.05, 0) is 49.2 Å². The third-order valence-corrected chi connectivity index (χ3v) is 7.75. The van der Waals surface area contributed by atoms with Gasteiger partial charge in [0.2, 0.25) is 10.0 Å². The lowest BCUT2D eigenvalue weighted by atomic mass is 10.1. The molecule has 1 aromatic heterocycles. The molecule has 0 atom stereocenters. The number of benzene rings is 2. The lowest BCUT2D eigenvalue weighted by Crippen LogP contribution is -2.40. The fourth-order valence-corrected chi connectivity index (χ4v) is 5.51. The highest BCUT2D eigenvalue weighted by Gasteiger charge is 2.30. The van der Waals surface area contributed by atoms with Crippen LogP contribution in [0.25, 0.3) is 22.5 Å². The molecule has 158 valence electrons. The third kappa shape index (κ3) is 4.10. The van der Waals surface area contributed by atoms with Gasteiger partial charge in [0.15, 0.2) is 0 Å². The zero-order valence-electron chi connectivity index (χ0n) is 15.6. The highest BCUT2D eigenvalue weighted by atomic mass is 35.5. The quantitative estimate of drug-likeness (QED) is 0.594. The molecule has 1 aliphatic heterocycles. The first kappa shape index (κ1) is 21.3. The number of halogens is 3. The summed E-state index contributed by atoms with van der Waals surface area (Å²) in [5.41, 5.74) is 2.32. The highest BCUT2D eigenvalue weighted by Crippen LogP contribution is 2.32. The maximum Gasteiger partial charge on any atom is 0.244 e. The van der Waals surface area contributed by atoms with Gasteiger partial charge < -0.3 is 5.11 Å². The van der Waals surface area contributed by atoms with E-state index in [-0.39, 0.29) is 28.0 Å². The van der Waals surface area contributed by atoms with Gasteiger partial charge >= 0.3 is 0 Å². The largest absolute Gasteiger partial charge is 0.393 e. The van der Waals surface area contributed by atoms with Crippen molar-refractivity contribution in [2.75, 3.05) is 13.1 Å². The minimum absolute atomic E-state index is 0.00447. The van der Waals surface area contributed by atoms with Gasteiger partial charge in [-0.15, -0.1) is 0 Å². The van der Waals surface area contributed by atoms with E-state index in [9.17, 15) is 17.9 Å². The summed E-state index contributed by atoms with van der Waals surface area (Å²) < 4.78 is 40.9. The first-order chi connectivity index (χ1) is 14.3. The second-order valence-electron chi connectivity index (χ2n) is 7.08. The number of piperidine rings is 1. The first-order valence-electron chi connectivity index (χ1n) is 9.24. The predicted octanol–water partition coefficient (Wildman–Crippen LogP) is 4.34. The van der Waals surface area contributed by atoms with Crippen LogP contribution < -0.4 is 0 Å². The van der Waals surface area contributed by atoms with E-state index in [1.54, 1.807) is 18.2 Å². The second kappa shape index (κ2) is 8.28. The van der Waals surface area contributed by atoms with Gasteiger partial charge in [0.05, 0.1) is 27.5 Å². The van der Waals surface area contributed by atoms with Crippen LogP contribution in [-0.4, -0.2) is 47.2 Å². The van der Waals surface area contributed by atoms with Crippen molar-refractivity contribution in [1.29, 1.82) is 0 Å². The van der Waals surface area contributed by atoms with Crippen LogP contribution in [0.5, 0.6) is 0 Å². The first-order valence-corrected chi connectivity index (χ1v) is 11.4. The molecule has 2 heterocycles. The molecule has 1 saturated heterocycles. The molecule has 30 heavy (non-hydrogen) atoms. The van der Waals surface area contributed by atoms with Crippen molar-refractivity contribution in [3.8, 4) is 22.5 Å². The molecule has 0 radical (unpaired) electrons. The van der Waals surface area contributed by atoms with Crippen LogP contribution in [0, 0.1) is 5.82 Å². The molecule has 0 bridgehead atoms. The third-order valence-electron chi connectivity index (χ3n) is 5.08. The molecule has 4 rings (SSSR count). The molecular formula is C20H18Cl2FN3O3S. The van der Waals surface area contributed by atoms with E-state index in [2.05, 4.69) is 10.2 Å². The van der Waals surface area contributed by atoms with Crippen molar-refractivity contribution in [3.05, 3.63) is 58.3 Å². The van der Waals surface area contributed by atoms with E-state index < -0.39 is 21.9 Å². The number of nitrogens with one attached hydrogen (secondary N) is 1. The second-order valence-corrected chi connectivity index (χ2v) is 9.80. The van der Waals surface area contributed by atoms with Gasteiger partial charge in [-0.1, -0.05) is 29.3 Å². The molecule has 10 heteroatoms. The molecule has 2 aromatic carbocycles. The van der Waals surface area contributed by atoms with Gasteiger partial charge in [0.1, 0.15) is 10.7 Å². The van der Waals surface area contributed by atoms with Crippen LogP contribution >= 0.6 is 23.2 Å². The van der Waals surface area contributed by atoms with Crippen molar-refractivity contribution >= 4 is 33.2 Å². The Bertz CT molecular complexity index is 1190. The van der Waals surface area contributed by atoms with Crippen molar-refractivity contribution in [3.63, 3.8) is 0 Å². The number of aliphatic hydroxyl groups is 1. The van der Waals surface area contributed by atoms with Crippen LogP contribution in [0.4, 0.5) is 4.39 Å². The number of rotatable bonds is 4. The van der Waals surface area contributed by atoms with E-state index in [0.29, 0.717) is 35.4 Å². The van der Waals surface area contributed by atoms with Crippen LogP contribution in [0.2, 0.25) is 10.0 Å². The van der Waals surface area contributed by atoms with E-state index in [4.69, 9.17) is 23.2 Å². The molecule has 0 aliphatic carbocycles. The maximum atomic E-state index is 13.4. The zero-order valence-corrected chi connectivity index (χ0v) is 18.0. The summed E-state index contributed by atoms with van der Waals surface area (Å²) in [5.74, 6) is -0.516. The molecule has 0 unspecified atom stereocenters. The van der Waals surface area contributed by atoms with E-state index in [1.807, 2.05) is 0 Å². The molecule has 6 nitrogen and oxygen atoms in total. The molecule has 0 saturated carbocycles. The highest BCUT2D eigenvalue weighted by molar-refractivity contribution is 7.89. The van der Waals surface area contributed by atoms with Gasteiger partial charge in [0.25, 0.3) is 0 Å². The Morgan fingerprint density at radius 3 is 2.43 bits per heavy atom. The normalized spacial score (nSPS) is 16.1. The summed E-state index contributed by atoms with van der Waals surface area (Å²) in [6, 6.07) is 10.7. The van der Waals surface area contributed by atoms with Crippen molar-refractivity contribution in [1.82, 2.24) is 14.5 Å². The number of nitrogens with zero attached hydrogens (tertiary/aromatic N) is 2. The standard InChI is InChI=1S/C20H18Cl2FN3O3S/c21-15-3-1-13(10-20(15)30(28,29)26-7-5-14(27)6-8-26)19-11-18(24-25-19)12-2-4-17(23)16(22)9-12/h1-4,9-11,14,27H,5-8H2,(H,24,25). The molecule has 1 aliphatic rings. The molecule has 1 fully saturated rings. The number of aromatic amines is 1. The molecule has 0 amide bonds. The van der Waals surface area contributed by atoms with Crippen LogP contribution in [0.15, 0.2) is 47.4 Å². The zero-order chi connectivity index (χ0) is 21.5. The van der Waals surface area contributed by atoms with E-state index in [0.717, 1.165) is 0 Å². The summed E-state index contributed by atoms with van der Waals surface area (Å²) in [4.78, 5) is -0.00701. The lowest BCUT2D eigenvalue weighted by molar-refractivity contribution is 0.113. The smallest absolute Gasteiger partial charge is 0.244 e. The predicted molar refractivity (Wildman–Crippen MR) is 113 cm³/mol. The topological polar surface area (TPSA) is 86.3 Å². The Morgan fingerprint density at radius 1 is 1.03 bits per heavy atom. The summed E-state index contributed by atoms with van der Waals surface area (Å²) in [6.07, 6.45) is 0.291. The van der Waals surface area contributed by atoms with Gasteiger partial charge in [-0.3, -0.25) is 5.10 Å². The van der Waals surface area contributed by atoms with Crippen LogP contribution in [-0.2, 0) is 10.0 Å². The van der Waals surface area contributed by atoms with Crippen molar-refractivity contribution in [2.24, 2.45) is 0 Å². The number of H-pyrrole nitrogens is 1. The van der Waals surface area contributed by atoms with Crippen LogP contribution in [0.3, 0.4) is 0 Å². The fourth-order valence-electron chi connectivity index (χ4n) is 3.36. The van der Waals surface area contributed by atoms with E-state index >= 15 is 0 Å². The summed E-state index contributed by atoms with van der Waals surface area (Å²) in [5, 5.41) is 16.9. The van der Waals surface area contributed by atoms with Crippen molar-refractivity contribution in [2.45, 2.75) is 23.8 Å². The maximum absolute atomic E-state index is 13.4. The Labute approximate surface area is 183 Å². The monoisotopic (exact) mass is 469 g/mol. The van der Waals surface area contributed by atoms with E-state index in [1.165, 1.54) is 28.6 Å². The fraction of sp³-hybridized carbons (Fsp3) is 0.250. The number of aliphatic hydroxyl groups excluding tert-OH is 1. The Hall–Kier alpha value is -1.97. The molecule has 2 N–H and O–H groups in total. The number of hydrogen-bond acceptors (Lipinski definition) is 4.